The Morgan fingerprint density at radius 3 is 2.48 bits per heavy atom. The summed E-state index contributed by atoms with van der Waals surface area (Å²) >= 11 is 0. The van der Waals surface area contributed by atoms with Crippen molar-refractivity contribution in [3.8, 4) is 5.75 Å². The Bertz CT molecular complexity index is 805. The van der Waals surface area contributed by atoms with Gasteiger partial charge in [0, 0.05) is 18.7 Å². The van der Waals surface area contributed by atoms with E-state index >= 15 is 0 Å². The average Bonchev–Trinajstić information content (AvgIpc) is 2.62. The molecule has 0 radical (unpaired) electrons. The average molecular weight is 342 g/mol. The number of hydrogen-bond donors (Lipinski definition) is 0. The van der Waals surface area contributed by atoms with Crippen molar-refractivity contribution in [2.24, 2.45) is 0 Å². The highest BCUT2D eigenvalue weighted by molar-refractivity contribution is 6.05. The van der Waals surface area contributed by atoms with E-state index in [9.17, 15) is 14.0 Å². The first kappa shape index (κ1) is 17.0. The molecular weight excluding hydrogens is 323 g/mol. The zero-order valence-corrected chi connectivity index (χ0v) is 14.2. The molecular formula is C19H19FN2O3. The van der Waals surface area contributed by atoms with Gasteiger partial charge in [0.25, 0.3) is 0 Å². The second-order valence-corrected chi connectivity index (χ2v) is 5.95. The number of imide groups is 1. The molecule has 0 spiro atoms. The minimum Gasteiger partial charge on any atom is -0.497 e. The standard InChI is InChI=1S/C19H19FN2O3/c1-13-3-6-15(11-17(13)20)21-10-9-18(23)22(19(21)24)12-14-4-7-16(25-2)8-5-14/h3-8,11H,9-10,12H2,1-2H3. The third kappa shape index (κ3) is 3.47. The van der Waals surface area contributed by atoms with Crippen LogP contribution in [0.15, 0.2) is 42.5 Å². The third-order valence-corrected chi connectivity index (χ3v) is 4.28. The number of rotatable bonds is 4. The normalized spacial score (nSPS) is 14.8. The molecule has 1 saturated heterocycles. The summed E-state index contributed by atoms with van der Waals surface area (Å²) in [7, 11) is 1.57. The van der Waals surface area contributed by atoms with Crippen molar-refractivity contribution in [1.29, 1.82) is 0 Å². The number of urea groups is 1. The van der Waals surface area contributed by atoms with E-state index in [-0.39, 0.29) is 31.2 Å². The molecule has 0 atom stereocenters. The van der Waals surface area contributed by atoms with Gasteiger partial charge in [-0.15, -0.1) is 0 Å². The van der Waals surface area contributed by atoms with Crippen LogP contribution in [-0.2, 0) is 11.3 Å². The summed E-state index contributed by atoms with van der Waals surface area (Å²) in [5.41, 5.74) is 1.79. The van der Waals surface area contributed by atoms with Crippen LogP contribution >= 0.6 is 0 Å². The van der Waals surface area contributed by atoms with Crippen LogP contribution in [0.3, 0.4) is 0 Å². The highest BCUT2D eigenvalue weighted by atomic mass is 19.1. The first-order valence-corrected chi connectivity index (χ1v) is 8.00. The van der Waals surface area contributed by atoms with E-state index in [1.165, 1.54) is 15.9 Å². The number of carbonyl (C=O) groups is 2. The molecule has 2 aromatic carbocycles. The Morgan fingerprint density at radius 2 is 1.84 bits per heavy atom. The van der Waals surface area contributed by atoms with Gasteiger partial charge < -0.3 is 4.74 Å². The molecule has 5 nitrogen and oxygen atoms in total. The molecule has 3 amide bonds. The number of carbonyl (C=O) groups excluding carboxylic acids is 2. The smallest absolute Gasteiger partial charge is 0.331 e. The van der Waals surface area contributed by atoms with Crippen molar-refractivity contribution in [3.05, 3.63) is 59.4 Å². The minimum atomic E-state index is -0.435. The summed E-state index contributed by atoms with van der Waals surface area (Å²) in [5.74, 6) is 0.102. The highest BCUT2D eigenvalue weighted by Crippen LogP contribution is 2.24. The van der Waals surface area contributed by atoms with E-state index in [1.807, 2.05) is 12.1 Å². The van der Waals surface area contributed by atoms with E-state index in [0.717, 1.165) is 5.56 Å². The number of benzene rings is 2. The van der Waals surface area contributed by atoms with Crippen LogP contribution in [0.4, 0.5) is 14.9 Å². The summed E-state index contributed by atoms with van der Waals surface area (Å²) in [4.78, 5) is 27.6. The number of nitrogens with zero attached hydrogens (tertiary/aromatic N) is 2. The first-order chi connectivity index (χ1) is 12.0. The van der Waals surface area contributed by atoms with Gasteiger partial charge in [-0.2, -0.15) is 0 Å². The van der Waals surface area contributed by atoms with E-state index in [1.54, 1.807) is 38.3 Å². The fraction of sp³-hybridized carbons (Fsp3) is 0.263. The molecule has 1 aliphatic rings. The van der Waals surface area contributed by atoms with Crippen molar-refractivity contribution < 1.29 is 18.7 Å². The topological polar surface area (TPSA) is 49.9 Å². The van der Waals surface area contributed by atoms with Crippen molar-refractivity contribution in [2.75, 3.05) is 18.6 Å². The molecule has 1 aliphatic heterocycles. The number of ether oxygens (including phenoxy) is 1. The molecule has 130 valence electrons. The lowest BCUT2D eigenvalue weighted by Crippen LogP contribution is -2.52. The Labute approximate surface area is 145 Å². The maximum Gasteiger partial charge on any atom is 0.331 e. The second-order valence-electron chi connectivity index (χ2n) is 5.95. The monoisotopic (exact) mass is 342 g/mol. The van der Waals surface area contributed by atoms with Crippen LogP contribution in [0.25, 0.3) is 0 Å². The van der Waals surface area contributed by atoms with Crippen LogP contribution in [0.5, 0.6) is 5.75 Å². The minimum absolute atomic E-state index is 0.173. The largest absolute Gasteiger partial charge is 0.497 e. The van der Waals surface area contributed by atoms with Crippen LogP contribution in [0, 0.1) is 12.7 Å². The molecule has 2 aromatic rings. The predicted molar refractivity (Wildman–Crippen MR) is 92.0 cm³/mol. The number of methoxy groups -OCH3 is 1. The molecule has 0 aromatic heterocycles. The number of aryl methyl sites for hydroxylation is 1. The third-order valence-electron chi connectivity index (χ3n) is 4.28. The van der Waals surface area contributed by atoms with Crippen LogP contribution in [0.1, 0.15) is 17.5 Å². The molecule has 1 heterocycles. The highest BCUT2D eigenvalue weighted by Gasteiger charge is 2.33. The van der Waals surface area contributed by atoms with Gasteiger partial charge in [-0.1, -0.05) is 18.2 Å². The van der Waals surface area contributed by atoms with Crippen molar-refractivity contribution in [1.82, 2.24) is 4.90 Å². The summed E-state index contributed by atoms with van der Waals surface area (Å²) < 4.78 is 18.9. The van der Waals surface area contributed by atoms with Crippen molar-refractivity contribution in [2.45, 2.75) is 19.9 Å². The SMILES string of the molecule is COc1ccc(CN2C(=O)CCN(c3ccc(C)c(F)c3)C2=O)cc1. The van der Waals surface area contributed by atoms with Crippen LogP contribution in [-0.4, -0.2) is 30.5 Å². The molecule has 0 bridgehead atoms. The molecule has 0 unspecified atom stereocenters. The fourth-order valence-corrected chi connectivity index (χ4v) is 2.75. The van der Waals surface area contributed by atoms with Crippen LogP contribution < -0.4 is 9.64 Å². The fourth-order valence-electron chi connectivity index (χ4n) is 2.75. The van der Waals surface area contributed by atoms with Crippen LogP contribution in [0.2, 0.25) is 0 Å². The Hall–Kier alpha value is -2.89. The number of anilines is 1. The van der Waals surface area contributed by atoms with Gasteiger partial charge in [0.05, 0.1) is 13.7 Å². The molecule has 25 heavy (non-hydrogen) atoms. The van der Waals surface area contributed by atoms with E-state index in [2.05, 4.69) is 0 Å². The van der Waals surface area contributed by atoms with Crippen molar-refractivity contribution >= 4 is 17.6 Å². The van der Waals surface area contributed by atoms with E-state index in [4.69, 9.17) is 4.74 Å². The summed E-state index contributed by atoms with van der Waals surface area (Å²) in [6, 6.07) is 11.4. The first-order valence-electron chi connectivity index (χ1n) is 8.00. The lowest BCUT2D eigenvalue weighted by Gasteiger charge is -2.34. The number of hydrogen-bond acceptors (Lipinski definition) is 3. The molecule has 0 aliphatic carbocycles. The van der Waals surface area contributed by atoms with Gasteiger partial charge in [-0.05, 0) is 42.3 Å². The number of amides is 3. The quantitative estimate of drug-likeness (QED) is 0.854. The van der Waals surface area contributed by atoms with Gasteiger partial charge >= 0.3 is 6.03 Å². The molecule has 6 heteroatoms. The Kier molecular flexibility index (Phi) is 4.70. The maximum absolute atomic E-state index is 13.8. The zero-order valence-electron chi connectivity index (χ0n) is 14.2. The lowest BCUT2D eigenvalue weighted by atomic mass is 10.1. The van der Waals surface area contributed by atoms with E-state index in [0.29, 0.717) is 17.0 Å². The van der Waals surface area contributed by atoms with Gasteiger partial charge in [0.1, 0.15) is 11.6 Å². The second kappa shape index (κ2) is 6.93. The van der Waals surface area contributed by atoms with Gasteiger partial charge in [-0.3, -0.25) is 14.6 Å². The van der Waals surface area contributed by atoms with Gasteiger partial charge in [0.15, 0.2) is 0 Å². The van der Waals surface area contributed by atoms with Gasteiger partial charge in [-0.25, -0.2) is 9.18 Å². The number of halogens is 1. The summed E-state index contributed by atoms with van der Waals surface area (Å²) in [6.45, 7) is 2.09. The lowest BCUT2D eigenvalue weighted by molar-refractivity contribution is -0.129. The van der Waals surface area contributed by atoms with Gasteiger partial charge in [0.2, 0.25) is 5.91 Å². The zero-order chi connectivity index (χ0) is 18.0. The predicted octanol–water partition coefficient (Wildman–Crippen LogP) is 3.50. The summed E-state index contributed by atoms with van der Waals surface area (Å²) in [6.07, 6.45) is 0.206. The van der Waals surface area contributed by atoms with Crippen molar-refractivity contribution in [3.63, 3.8) is 0 Å². The maximum atomic E-state index is 13.8. The molecule has 0 saturated carbocycles. The Morgan fingerprint density at radius 1 is 1.12 bits per heavy atom. The molecule has 1 fully saturated rings. The molecule has 3 rings (SSSR count). The molecule has 0 N–H and O–H groups in total. The Balaban J connectivity index is 1.81. The summed E-state index contributed by atoms with van der Waals surface area (Å²) in [5, 5.41) is 0. The van der Waals surface area contributed by atoms with E-state index < -0.39 is 6.03 Å².